The van der Waals surface area contributed by atoms with Crippen LogP contribution in [-0.2, 0) is 14.3 Å². The van der Waals surface area contributed by atoms with Gasteiger partial charge in [-0.25, -0.2) is 0 Å². The van der Waals surface area contributed by atoms with Crippen molar-refractivity contribution in [1.82, 2.24) is 5.32 Å². The zero-order valence-corrected chi connectivity index (χ0v) is 10.2. The molecule has 0 spiro atoms. The Hall–Kier alpha value is -1.10. The standard InChI is InChI=1S/C11H21NO4/c1-4-11(2,16-3)10(15)12-8-6-5-7-9(13)14/h4-8H2,1-3H3,(H,12,15)(H,13,14). The number of carboxylic acids is 1. The third kappa shape index (κ3) is 5.11. The highest BCUT2D eigenvalue weighted by atomic mass is 16.5. The van der Waals surface area contributed by atoms with Crippen LogP contribution >= 0.6 is 0 Å². The minimum Gasteiger partial charge on any atom is -0.481 e. The molecule has 0 fully saturated rings. The summed E-state index contributed by atoms with van der Waals surface area (Å²) in [6.45, 7) is 4.11. The molecule has 0 aromatic rings. The van der Waals surface area contributed by atoms with Crippen LogP contribution in [0.4, 0.5) is 0 Å². The van der Waals surface area contributed by atoms with E-state index in [1.54, 1.807) is 6.92 Å². The van der Waals surface area contributed by atoms with Gasteiger partial charge in [0.15, 0.2) is 0 Å². The third-order valence-electron chi connectivity index (χ3n) is 2.71. The van der Waals surface area contributed by atoms with E-state index in [0.29, 0.717) is 25.8 Å². The van der Waals surface area contributed by atoms with Crippen molar-refractivity contribution in [2.24, 2.45) is 0 Å². The van der Waals surface area contributed by atoms with Crippen LogP contribution in [0.25, 0.3) is 0 Å². The number of nitrogens with one attached hydrogen (secondary N) is 1. The third-order valence-corrected chi connectivity index (χ3v) is 2.71. The molecule has 1 amide bonds. The minimum absolute atomic E-state index is 0.144. The van der Waals surface area contributed by atoms with E-state index in [1.165, 1.54) is 7.11 Å². The summed E-state index contributed by atoms with van der Waals surface area (Å²) in [5, 5.41) is 11.2. The van der Waals surface area contributed by atoms with Gasteiger partial charge < -0.3 is 15.2 Å². The Morgan fingerprint density at radius 3 is 2.44 bits per heavy atom. The summed E-state index contributed by atoms with van der Waals surface area (Å²) in [4.78, 5) is 21.9. The summed E-state index contributed by atoms with van der Waals surface area (Å²) in [7, 11) is 1.51. The smallest absolute Gasteiger partial charge is 0.303 e. The molecule has 1 atom stereocenters. The largest absolute Gasteiger partial charge is 0.481 e. The second-order valence-electron chi connectivity index (χ2n) is 3.90. The lowest BCUT2D eigenvalue weighted by molar-refractivity contribution is -0.141. The van der Waals surface area contributed by atoms with Crippen LogP contribution in [-0.4, -0.2) is 36.2 Å². The van der Waals surface area contributed by atoms with Crippen LogP contribution in [0.1, 0.15) is 39.5 Å². The van der Waals surface area contributed by atoms with Gasteiger partial charge in [0.2, 0.25) is 0 Å². The molecule has 2 N–H and O–H groups in total. The SMILES string of the molecule is CCC(C)(OC)C(=O)NCCCCC(=O)O. The van der Waals surface area contributed by atoms with Crippen molar-refractivity contribution in [2.75, 3.05) is 13.7 Å². The molecule has 16 heavy (non-hydrogen) atoms. The molecular weight excluding hydrogens is 210 g/mol. The summed E-state index contributed by atoms with van der Waals surface area (Å²) < 4.78 is 5.14. The van der Waals surface area contributed by atoms with Gasteiger partial charge in [0.05, 0.1) is 0 Å². The molecular formula is C11H21NO4. The summed E-state index contributed by atoms with van der Waals surface area (Å²) in [6.07, 6.45) is 1.99. The topological polar surface area (TPSA) is 75.6 Å². The van der Waals surface area contributed by atoms with E-state index in [2.05, 4.69) is 5.32 Å². The van der Waals surface area contributed by atoms with Gasteiger partial charge in [0.25, 0.3) is 5.91 Å². The Bertz CT molecular complexity index is 236. The number of ether oxygens (including phenoxy) is 1. The molecule has 0 aliphatic heterocycles. The van der Waals surface area contributed by atoms with Gasteiger partial charge >= 0.3 is 5.97 Å². The first-order valence-electron chi connectivity index (χ1n) is 5.51. The lowest BCUT2D eigenvalue weighted by Crippen LogP contribution is -2.45. The molecule has 0 rings (SSSR count). The number of rotatable bonds is 8. The molecule has 0 aromatic carbocycles. The molecule has 0 bridgehead atoms. The van der Waals surface area contributed by atoms with E-state index in [0.717, 1.165) is 0 Å². The predicted molar refractivity (Wildman–Crippen MR) is 60.2 cm³/mol. The van der Waals surface area contributed by atoms with E-state index >= 15 is 0 Å². The van der Waals surface area contributed by atoms with Crippen LogP contribution in [0.15, 0.2) is 0 Å². The maximum atomic E-state index is 11.7. The van der Waals surface area contributed by atoms with Crippen molar-refractivity contribution in [3.8, 4) is 0 Å². The van der Waals surface area contributed by atoms with Gasteiger partial charge in [-0.2, -0.15) is 0 Å². The van der Waals surface area contributed by atoms with E-state index in [9.17, 15) is 9.59 Å². The fraction of sp³-hybridized carbons (Fsp3) is 0.818. The van der Waals surface area contributed by atoms with Crippen LogP contribution in [0.3, 0.4) is 0 Å². The lowest BCUT2D eigenvalue weighted by atomic mass is 10.0. The van der Waals surface area contributed by atoms with Crippen LogP contribution in [0, 0.1) is 0 Å². The first-order valence-corrected chi connectivity index (χ1v) is 5.51. The molecule has 1 unspecified atom stereocenters. The van der Waals surface area contributed by atoms with E-state index in [1.807, 2.05) is 6.92 Å². The van der Waals surface area contributed by atoms with Crippen LogP contribution in [0.2, 0.25) is 0 Å². The van der Waals surface area contributed by atoms with Crippen molar-refractivity contribution in [3.63, 3.8) is 0 Å². The van der Waals surface area contributed by atoms with Crippen molar-refractivity contribution in [2.45, 2.75) is 45.1 Å². The highest BCUT2D eigenvalue weighted by Crippen LogP contribution is 2.13. The van der Waals surface area contributed by atoms with Gasteiger partial charge in [0.1, 0.15) is 5.60 Å². The zero-order valence-electron chi connectivity index (χ0n) is 10.2. The van der Waals surface area contributed by atoms with Gasteiger partial charge in [-0.3, -0.25) is 9.59 Å². The number of hydrogen-bond acceptors (Lipinski definition) is 3. The molecule has 0 radical (unpaired) electrons. The normalized spacial score (nSPS) is 14.2. The fourth-order valence-corrected chi connectivity index (χ4v) is 1.19. The number of carbonyl (C=O) groups is 2. The summed E-state index contributed by atoms with van der Waals surface area (Å²) in [5.74, 6) is -0.950. The number of methoxy groups -OCH3 is 1. The number of aliphatic carboxylic acids is 1. The average molecular weight is 231 g/mol. The van der Waals surface area contributed by atoms with Gasteiger partial charge in [-0.05, 0) is 26.2 Å². The van der Waals surface area contributed by atoms with Crippen LogP contribution in [0.5, 0.6) is 0 Å². The number of carboxylic acid groups (broad SMARTS) is 1. The molecule has 0 aromatic heterocycles. The minimum atomic E-state index is -0.804. The highest BCUT2D eigenvalue weighted by molar-refractivity contribution is 5.84. The summed E-state index contributed by atoms with van der Waals surface area (Å²) >= 11 is 0. The summed E-state index contributed by atoms with van der Waals surface area (Å²) in [6, 6.07) is 0. The Balaban J connectivity index is 3.77. The van der Waals surface area contributed by atoms with E-state index in [4.69, 9.17) is 9.84 Å². The maximum absolute atomic E-state index is 11.7. The molecule has 0 saturated heterocycles. The Morgan fingerprint density at radius 2 is 2.00 bits per heavy atom. The van der Waals surface area contributed by atoms with Gasteiger partial charge in [-0.1, -0.05) is 6.92 Å². The van der Waals surface area contributed by atoms with E-state index < -0.39 is 11.6 Å². The second-order valence-corrected chi connectivity index (χ2v) is 3.90. The first-order chi connectivity index (χ1) is 7.46. The Morgan fingerprint density at radius 1 is 1.38 bits per heavy atom. The second kappa shape index (κ2) is 7.22. The zero-order chi connectivity index (χ0) is 12.6. The quantitative estimate of drug-likeness (QED) is 0.615. The van der Waals surface area contributed by atoms with E-state index in [-0.39, 0.29) is 12.3 Å². The monoisotopic (exact) mass is 231 g/mol. The number of hydrogen-bond donors (Lipinski definition) is 2. The van der Waals surface area contributed by atoms with Crippen molar-refractivity contribution in [3.05, 3.63) is 0 Å². The molecule has 5 nitrogen and oxygen atoms in total. The molecule has 0 aliphatic carbocycles. The Kier molecular flexibility index (Phi) is 6.72. The molecule has 0 saturated carbocycles. The van der Waals surface area contributed by atoms with Gasteiger partial charge in [0, 0.05) is 20.1 Å². The van der Waals surface area contributed by atoms with Gasteiger partial charge in [-0.15, -0.1) is 0 Å². The molecule has 0 heterocycles. The number of carbonyl (C=O) groups excluding carboxylic acids is 1. The first kappa shape index (κ1) is 14.9. The summed E-state index contributed by atoms with van der Waals surface area (Å²) in [5.41, 5.74) is -0.785. The van der Waals surface area contributed by atoms with Crippen molar-refractivity contribution >= 4 is 11.9 Å². The lowest BCUT2D eigenvalue weighted by Gasteiger charge is -2.25. The average Bonchev–Trinajstić information content (AvgIpc) is 2.26. The molecule has 5 heteroatoms. The predicted octanol–water partition coefficient (Wildman–Crippen LogP) is 1.17. The van der Waals surface area contributed by atoms with Crippen molar-refractivity contribution < 1.29 is 19.4 Å². The number of amides is 1. The number of unbranched alkanes of at least 4 members (excludes halogenated alkanes) is 1. The molecule has 94 valence electrons. The van der Waals surface area contributed by atoms with Crippen LogP contribution < -0.4 is 5.32 Å². The highest BCUT2D eigenvalue weighted by Gasteiger charge is 2.30. The van der Waals surface area contributed by atoms with Crippen molar-refractivity contribution in [1.29, 1.82) is 0 Å². The fourth-order valence-electron chi connectivity index (χ4n) is 1.19. The Labute approximate surface area is 96.2 Å². The maximum Gasteiger partial charge on any atom is 0.303 e. The molecule has 0 aliphatic rings.